The van der Waals surface area contributed by atoms with Crippen molar-refractivity contribution >= 4 is 17.4 Å². The summed E-state index contributed by atoms with van der Waals surface area (Å²) >= 11 is 0. The lowest BCUT2D eigenvalue weighted by Crippen LogP contribution is -2.37. The minimum Gasteiger partial charge on any atom is -0.492 e. The molecule has 1 heterocycles. The van der Waals surface area contributed by atoms with Gasteiger partial charge in [-0.1, -0.05) is 72.9 Å². The van der Waals surface area contributed by atoms with Gasteiger partial charge in [-0.2, -0.15) is 0 Å². The van der Waals surface area contributed by atoms with Crippen LogP contribution in [0.25, 0.3) is 0 Å². The van der Waals surface area contributed by atoms with E-state index in [2.05, 4.69) is 27.9 Å². The summed E-state index contributed by atoms with van der Waals surface area (Å²) < 4.78 is 5.83. The fraction of sp³-hybridized carbons (Fsp3) is 0.367. The van der Waals surface area contributed by atoms with E-state index in [0.717, 1.165) is 42.7 Å². The second-order valence-corrected chi connectivity index (χ2v) is 9.84. The van der Waals surface area contributed by atoms with E-state index in [1.54, 1.807) is 0 Å². The van der Waals surface area contributed by atoms with Gasteiger partial charge in [0.25, 0.3) is 5.91 Å². The maximum atomic E-state index is 13.4. The standard InChI is InChI=1S/C30H34N4O3/c35-30(32-23-12-6-2-7-13-23)26-20-25-27(18-22(19-28(25)34-36)21-10-4-1-5-11-21)33-29(26)31-16-17-37-24-14-8-3-9-15-24/h1,3-5,8-11,14-15,20,22-23,36H,2,6-7,12-13,16-19H2,(H,31,33)(H,32,35)/b34-28+. The molecule has 1 amide bonds. The number of benzene rings is 2. The number of para-hydroxylation sites is 1. The van der Waals surface area contributed by atoms with Crippen molar-refractivity contribution in [2.45, 2.75) is 56.9 Å². The zero-order valence-corrected chi connectivity index (χ0v) is 21.0. The quantitative estimate of drug-likeness (QED) is 0.215. The van der Waals surface area contributed by atoms with Crippen molar-refractivity contribution < 1.29 is 14.7 Å². The first-order valence-corrected chi connectivity index (χ1v) is 13.2. The number of carbonyl (C=O) groups is 1. The highest BCUT2D eigenvalue weighted by molar-refractivity contribution is 6.06. The summed E-state index contributed by atoms with van der Waals surface area (Å²) in [6, 6.07) is 21.9. The highest BCUT2D eigenvalue weighted by atomic mass is 16.5. The molecule has 192 valence electrons. The van der Waals surface area contributed by atoms with Crippen LogP contribution < -0.4 is 15.4 Å². The first-order valence-electron chi connectivity index (χ1n) is 13.2. The molecule has 1 atom stereocenters. The maximum Gasteiger partial charge on any atom is 0.255 e. The molecule has 7 nitrogen and oxygen atoms in total. The van der Waals surface area contributed by atoms with Gasteiger partial charge in [-0.05, 0) is 48.9 Å². The highest BCUT2D eigenvalue weighted by Crippen LogP contribution is 2.34. The van der Waals surface area contributed by atoms with Crippen LogP contribution >= 0.6 is 0 Å². The monoisotopic (exact) mass is 498 g/mol. The van der Waals surface area contributed by atoms with Crippen molar-refractivity contribution in [1.29, 1.82) is 0 Å². The van der Waals surface area contributed by atoms with E-state index in [4.69, 9.17) is 9.72 Å². The number of hydrogen-bond donors (Lipinski definition) is 3. The SMILES string of the molecule is O=C(NC1CCCCC1)c1cc2c(nc1NCCOc1ccccc1)CC(c1ccccc1)C/C2=N\O. The van der Waals surface area contributed by atoms with Gasteiger partial charge in [0.2, 0.25) is 0 Å². The van der Waals surface area contributed by atoms with E-state index in [9.17, 15) is 10.0 Å². The molecule has 3 N–H and O–H groups in total. The van der Waals surface area contributed by atoms with Crippen LogP contribution in [0.1, 0.15) is 71.6 Å². The van der Waals surface area contributed by atoms with Crippen LogP contribution in [0, 0.1) is 0 Å². The van der Waals surface area contributed by atoms with Gasteiger partial charge < -0.3 is 20.6 Å². The Hall–Kier alpha value is -3.87. The minimum absolute atomic E-state index is 0.142. The first-order chi connectivity index (χ1) is 18.2. The van der Waals surface area contributed by atoms with Gasteiger partial charge in [0.15, 0.2) is 0 Å². The largest absolute Gasteiger partial charge is 0.492 e. The van der Waals surface area contributed by atoms with Crippen molar-refractivity contribution in [3.63, 3.8) is 0 Å². The Morgan fingerprint density at radius 2 is 1.73 bits per heavy atom. The van der Waals surface area contributed by atoms with Gasteiger partial charge >= 0.3 is 0 Å². The van der Waals surface area contributed by atoms with Crippen LogP contribution in [0.4, 0.5) is 5.82 Å². The number of oxime groups is 1. The van der Waals surface area contributed by atoms with Gasteiger partial charge in [0.05, 0.1) is 23.5 Å². The van der Waals surface area contributed by atoms with Gasteiger partial charge in [-0.3, -0.25) is 4.79 Å². The van der Waals surface area contributed by atoms with Crippen molar-refractivity contribution in [3.05, 3.63) is 89.1 Å². The maximum absolute atomic E-state index is 13.4. The zero-order chi connectivity index (χ0) is 25.5. The summed E-state index contributed by atoms with van der Waals surface area (Å²) in [5.41, 5.74) is 3.79. The number of pyridine rings is 1. The topological polar surface area (TPSA) is 95.8 Å². The van der Waals surface area contributed by atoms with Crippen LogP contribution in [0.15, 0.2) is 71.9 Å². The summed E-state index contributed by atoms with van der Waals surface area (Å²) in [5.74, 6) is 1.35. The second-order valence-electron chi connectivity index (χ2n) is 9.84. The average molecular weight is 499 g/mol. The van der Waals surface area contributed by atoms with Crippen LogP contribution in [0.3, 0.4) is 0 Å². The van der Waals surface area contributed by atoms with Crippen LogP contribution in [0.5, 0.6) is 5.75 Å². The molecule has 0 radical (unpaired) electrons. The second kappa shape index (κ2) is 11.9. The molecule has 1 fully saturated rings. The predicted octanol–water partition coefficient (Wildman–Crippen LogP) is 5.54. The fourth-order valence-electron chi connectivity index (χ4n) is 5.33. The van der Waals surface area contributed by atoms with E-state index in [0.29, 0.717) is 43.1 Å². The molecule has 0 aliphatic heterocycles. The molecule has 0 spiro atoms. The summed E-state index contributed by atoms with van der Waals surface area (Å²) in [6.07, 6.45) is 6.79. The summed E-state index contributed by atoms with van der Waals surface area (Å²) in [5, 5.41) is 20.0. The Kier molecular flexibility index (Phi) is 7.99. The number of anilines is 1. The van der Waals surface area contributed by atoms with Crippen LogP contribution in [0.2, 0.25) is 0 Å². The van der Waals surface area contributed by atoms with E-state index >= 15 is 0 Å². The fourth-order valence-corrected chi connectivity index (χ4v) is 5.33. The molecule has 2 aliphatic carbocycles. The third-order valence-electron chi connectivity index (χ3n) is 7.28. The molecular weight excluding hydrogens is 464 g/mol. The number of ether oxygens (including phenoxy) is 1. The highest BCUT2D eigenvalue weighted by Gasteiger charge is 2.29. The Morgan fingerprint density at radius 1 is 1.00 bits per heavy atom. The Balaban J connectivity index is 1.40. The van der Waals surface area contributed by atoms with E-state index in [1.165, 1.54) is 12.0 Å². The lowest BCUT2D eigenvalue weighted by molar-refractivity contribution is 0.0928. The molecule has 1 saturated carbocycles. The van der Waals surface area contributed by atoms with E-state index in [-0.39, 0.29) is 17.9 Å². The average Bonchev–Trinajstić information content (AvgIpc) is 2.95. The number of hydrogen-bond acceptors (Lipinski definition) is 6. The number of rotatable bonds is 8. The normalized spacial score (nSPS) is 18.7. The van der Waals surface area contributed by atoms with Crippen molar-refractivity contribution in [3.8, 4) is 5.75 Å². The Labute approximate surface area is 218 Å². The van der Waals surface area contributed by atoms with Crippen molar-refractivity contribution in [2.24, 2.45) is 5.16 Å². The van der Waals surface area contributed by atoms with Crippen LogP contribution in [-0.4, -0.2) is 41.0 Å². The summed E-state index contributed by atoms with van der Waals surface area (Å²) in [6.45, 7) is 0.926. The molecule has 0 bridgehead atoms. The molecule has 3 aromatic rings. The smallest absolute Gasteiger partial charge is 0.255 e. The minimum atomic E-state index is -0.142. The molecule has 0 saturated heterocycles. The third-order valence-corrected chi connectivity index (χ3v) is 7.28. The van der Waals surface area contributed by atoms with Crippen molar-refractivity contribution in [2.75, 3.05) is 18.5 Å². The van der Waals surface area contributed by atoms with E-state index in [1.807, 2.05) is 54.6 Å². The van der Waals surface area contributed by atoms with Gasteiger partial charge in [-0.25, -0.2) is 4.98 Å². The zero-order valence-electron chi connectivity index (χ0n) is 21.0. The van der Waals surface area contributed by atoms with Crippen LogP contribution in [-0.2, 0) is 6.42 Å². The van der Waals surface area contributed by atoms with E-state index < -0.39 is 0 Å². The number of aromatic nitrogens is 1. The van der Waals surface area contributed by atoms with Gasteiger partial charge in [-0.15, -0.1) is 0 Å². The first kappa shape index (κ1) is 24.8. The number of nitrogens with zero attached hydrogens (tertiary/aromatic N) is 2. The van der Waals surface area contributed by atoms with Gasteiger partial charge in [0.1, 0.15) is 18.2 Å². The number of nitrogens with one attached hydrogen (secondary N) is 2. The molecule has 1 aromatic heterocycles. The molecular formula is C30H34N4O3. The number of fused-ring (bicyclic) bond motifs is 1. The molecule has 2 aromatic carbocycles. The Morgan fingerprint density at radius 3 is 2.46 bits per heavy atom. The Bertz CT molecular complexity index is 1220. The third kappa shape index (κ3) is 6.10. The lowest BCUT2D eigenvalue weighted by atomic mass is 9.81. The molecule has 1 unspecified atom stereocenters. The number of carbonyl (C=O) groups excluding carboxylic acids is 1. The molecule has 2 aliphatic rings. The predicted molar refractivity (Wildman–Crippen MR) is 145 cm³/mol. The van der Waals surface area contributed by atoms with Crippen molar-refractivity contribution in [1.82, 2.24) is 10.3 Å². The number of amides is 1. The molecule has 37 heavy (non-hydrogen) atoms. The molecule has 5 rings (SSSR count). The van der Waals surface area contributed by atoms with Gasteiger partial charge in [0, 0.05) is 18.0 Å². The molecule has 7 heteroatoms. The summed E-state index contributed by atoms with van der Waals surface area (Å²) in [4.78, 5) is 18.4. The summed E-state index contributed by atoms with van der Waals surface area (Å²) in [7, 11) is 0. The lowest BCUT2D eigenvalue weighted by Gasteiger charge is -2.27.